The van der Waals surface area contributed by atoms with E-state index in [0.29, 0.717) is 11.5 Å². The molecule has 2 rings (SSSR count). The molecular weight excluding hydrogens is 238 g/mol. The summed E-state index contributed by atoms with van der Waals surface area (Å²) in [5.74, 6) is -0.470. The van der Waals surface area contributed by atoms with Gasteiger partial charge < -0.3 is 5.32 Å². The Morgan fingerprint density at radius 2 is 1.68 bits per heavy atom. The van der Waals surface area contributed by atoms with Crippen LogP contribution in [0.2, 0.25) is 0 Å². The lowest BCUT2D eigenvalue weighted by Gasteiger charge is -2.11. The molecule has 0 saturated heterocycles. The summed E-state index contributed by atoms with van der Waals surface area (Å²) >= 11 is 0. The largest absolute Gasteiger partial charge is 0.346 e. The van der Waals surface area contributed by atoms with Crippen molar-refractivity contribution >= 4 is 11.7 Å². The molecule has 0 bridgehead atoms. The number of ketones is 1. The number of Topliss-reactive ketones (excluding diaryl/α,β-unsaturated/α-hetero) is 1. The highest BCUT2D eigenvalue weighted by Gasteiger charge is 2.22. The van der Waals surface area contributed by atoms with E-state index in [1.807, 2.05) is 12.1 Å². The summed E-state index contributed by atoms with van der Waals surface area (Å²) < 4.78 is 0. The van der Waals surface area contributed by atoms with Gasteiger partial charge in [-0.3, -0.25) is 9.59 Å². The summed E-state index contributed by atoms with van der Waals surface area (Å²) in [7, 11) is 0. The number of benzene rings is 1. The number of carbonyl (C=O) groups excluding carboxylic acids is 2. The Bertz CT molecular complexity index is 456. The van der Waals surface area contributed by atoms with E-state index in [9.17, 15) is 9.59 Å². The van der Waals surface area contributed by atoms with Crippen LogP contribution < -0.4 is 5.32 Å². The first-order valence-electron chi connectivity index (χ1n) is 7.03. The molecule has 1 aliphatic rings. The van der Waals surface area contributed by atoms with E-state index >= 15 is 0 Å². The van der Waals surface area contributed by atoms with E-state index in [1.54, 1.807) is 12.1 Å². The molecule has 0 aromatic heterocycles. The van der Waals surface area contributed by atoms with Crippen molar-refractivity contribution in [2.45, 2.75) is 51.5 Å². The van der Waals surface area contributed by atoms with Gasteiger partial charge in [0.25, 0.3) is 5.91 Å². The van der Waals surface area contributed by atoms with E-state index in [-0.39, 0.29) is 6.04 Å². The molecule has 1 aromatic carbocycles. The van der Waals surface area contributed by atoms with Gasteiger partial charge in [0.1, 0.15) is 0 Å². The van der Waals surface area contributed by atoms with Gasteiger partial charge in [-0.15, -0.1) is 0 Å². The van der Waals surface area contributed by atoms with Crippen molar-refractivity contribution in [2.24, 2.45) is 0 Å². The first-order chi connectivity index (χ1) is 9.08. The van der Waals surface area contributed by atoms with Gasteiger partial charge in [-0.1, -0.05) is 51.0 Å². The molecule has 1 amide bonds. The summed E-state index contributed by atoms with van der Waals surface area (Å²) in [6.07, 6.45) is 4.26. The molecule has 1 aliphatic carbocycles. The Hall–Kier alpha value is -1.64. The van der Waals surface area contributed by atoms with Crippen LogP contribution in [-0.4, -0.2) is 17.7 Å². The van der Waals surface area contributed by atoms with Crippen molar-refractivity contribution in [3.8, 4) is 0 Å². The van der Waals surface area contributed by atoms with Gasteiger partial charge in [-0.05, 0) is 24.3 Å². The molecule has 0 atom stereocenters. The number of hydrogen-bond donors (Lipinski definition) is 1. The fraction of sp³-hybridized carbons (Fsp3) is 0.500. The second kappa shape index (κ2) is 6.00. The van der Waals surface area contributed by atoms with Gasteiger partial charge in [0, 0.05) is 11.6 Å². The van der Waals surface area contributed by atoms with Crippen LogP contribution in [0.25, 0.3) is 0 Å². The smallest absolute Gasteiger partial charge is 0.292 e. The van der Waals surface area contributed by atoms with Gasteiger partial charge in [0.2, 0.25) is 5.78 Å². The minimum Gasteiger partial charge on any atom is -0.346 e. The molecule has 0 unspecified atom stereocenters. The van der Waals surface area contributed by atoms with Crippen LogP contribution in [-0.2, 0) is 4.79 Å². The van der Waals surface area contributed by atoms with Crippen LogP contribution in [0, 0.1) is 0 Å². The molecule has 1 N–H and O–H groups in total. The quantitative estimate of drug-likeness (QED) is 0.667. The average molecular weight is 259 g/mol. The van der Waals surface area contributed by atoms with Crippen molar-refractivity contribution in [3.05, 3.63) is 35.4 Å². The molecule has 0 spiro atoms. The van der Waals surface area contributed by atoms with Gasteiger partial charge in [0.15, 0.2) is 0 Å². The normalized spacial score (nSPS) is 15.7. The lowest BCUT2D eigenvalue weighted by molar-refractivity contribution is -0.117. The zero-order valence-corrected chi connectivity index (χ0v) is 11.6. The molecule has 3 heteroatoms. The summed E-state index contributed by atoms with van der Waals surface area (Å²) in [4.78, 5) is 23.9. The Balaban J connectivity index is 1.99. The van der Waals surface area contributed by atoms with Crippen LogP contribution >= 0.6 is 0 Å². The van der Waals surface area contributed by atoms with Crippen molar-refractivity contribution in [3.63, 3.8) is 0 Å². The van der Waals surface area contributed by atoms with E-state index in [0.717, 1.165) is 25.7 Å². The maximum atomic E-state index is 12.0. The van der Waals surface area contributed by atoms with E-state index in [2.05, 4.69) is 19.2 Å². The maximum Gasteiger partial charge on any atom is 0.292 e. The van der Waals surface area contributed by atoms with Gasteiger partial charge in [-0.2, -0.15) is 0 Å². The highest BCUT2D eigenvalue weighted by Crippen LogP contribution is 2.18. The number of amides is 1. The average Bonchev–Trinajstić information content (AvgIpc) is 2.90. The molecule has 1 aromatic rings. The van der Waals surface area contributed by atoms with Crippen LogP contribution in [0.4, 0.5) is 0 Å². The molecule has 1 fully saturated rings. The summed E-state index contributed by atoms with van der Waals surface area (Å²) in [5.41, 5.74) is 1.65. The third kappa shape index (κ3) is 3.43. The van der Waals surface area contributed by atoms with E-state index in [1.165, 1.54) is 5.56 Å². The number of carbonyl (C=O) groups is 2. The first-order valence-corrected chi connectivity index (χ1v) is 7.03. The van der Waals surface area contributed by atoms with E-state index < -0.39 is 11.7 Å². The second-order valence-corrected chi connectivity index (χ2v) is 5.56. The van der Waals surface area contributed by atoms with Gasteiger partial charge >= 0.3 is 0 Å². The van der Waals surface area contributed by atoms with Crippen molar-refractivity contribution < 1.29 is 9.59 Å². The second-order valence-electron chi connectivity index (χ2n) is 5.56. The molecule has 0 aliphatic heterocycles. The predicted molar refractivity (Wildman–Crippen MR) is 75.3 cm³/mol. The predicted octanol–water partition coefficient (Wildman–Crippen LogP) is 3.05. The van der Waals surface area contributed by atoms with Crippen LogP contribution in [0.1, 0.15) is 61.4 Å². The standard InChI is InChI=1S/C16H21NO2/c1-11(2)12-7-9-13(10-8-12)15(18)16(19)17-14-5-3-4-6-14/h7-11,14H,3-6H2,1-2H3,(H,17,19). The van der Waals surface area contributed by atoms with Gasteiger partial charge in [0.05, 0.1) is 0 Å². The maximum absolute atomic E-state index is 12.0. The number of rotatable bonds is 4. The zero-order valence-electron chi connectivity index (χ0n) is 11.6. The minimum absolute atomic E-state index is 0.186. The summed E-state index contributed by atoms with van der Waals surface area (Å²) in [6, 6.07) is 7.51. The van der Waals surface area contributed by atoms with E-state index in [4.69, 9.17) is 0 Å². The Labute approximate surface area is 114 Å². The zero-order chi connectivity index (χ0) is 13.8. The van der Waals surface area contributed by atoms with Crippen molar-refractivity contribution in [1.82, 2.24) is 5.32 Å². The van der Waals surface area contributed by atoms with Crippen LogP contribution in [0.3, 0.4) is 0 Å². The molecule has 3 nitrogen and oxygen atoms in total. The van der Waals surface area contributed by atoms with Crippen LogP contribution in [0.5, 0.6) is 0 Å². The number of hydrogen-bond acceptors (Lipinski definition) is 2. The summed E-state index contributed by atoms with van der Waals surface area (Å²) in [5, 5.41) is 2.83. The topological polar surface area (TPSA) is 46.2 Å². The Morgan fingerprint density at radius 1 is 1.11 bits per heavy atom. The van der Waals surface area contributed by atoms with Crippen molar-refractivity contribution in [1.29, 1.82) is 0 Å². The first kappa shape index (κ1) is 13.8. The molecule has 0 radical (unpaired) electrons. The molecule has 102 valence electrons. The van der Waals surface area contributed by atoms with Gasteiger partial charge in [-0.25, -0.2) is 0 Å². The van der Waals surface area contributed by atoms with Crippen molar-refractivity contribution in [2.75, 3.05) is 0 Å². The molecule has 0 heterocycles. The lowest BCUT2D eigenvalue weighted by Crippen LogP contribution is -2.37. The SMILES string of the molecule is CC(C)c1ccc(C(=O)C(=O)NC2CCCC2)cc1. The third-order valence-corrected chi connectivity index (χ3v) is 3.74. The fourth-order valence-electron chi connectivity index (χ4n) is 2.47. The lowest BCUT2D eigenvalue weighted by atomic mass is 10.0. The Kier molecular flexibility index (Phi) is 4.35. The highest BCUT2D eigenvalue weighted by molar-refractivity contribution is 6.42. The minimum atomic E-state index is -0.468. The third-order valence-electron chi connectivity index (χ3n) is 3.74. The molecule has 19 heavy (non-hydrogen) atoms. The summed E-state index contributed by atoms with van der Waals surface area (Å²) in [6.45, 7) is 4.20. The fourth-order valence-corrected chi connectivity index (χ4v) is 2.47. The molecule has 1 saturated carbocycles. The number of nitrogens with one attached hydrogen (secondary N) is 1. The van der Waals surface area contributed by atoms with Crippen LogP contribution in [0.15, 0.2) is 24.3 Å². The molecular formula is C16H21NO2. The highest BCUT2D eigenvalue weighted by atomic mass is 16.2. The monoisotopic (exact) mass is 259 g/mol. The Morgan fingerprint density at radius 3 is 2.21 bits per heavy atom.